The normalized spacial score (nSPS) is 10.7. The Morgan fingerprint density at radius 1 is 1.12 bits per heavy atom. The molecule has 0 N–H and O–H groups in total. The molecule has 4 nitrogen and oxygen atoms in total. The molecule has 0 aliphatic heterocycles. The van der Waals surface area contributed by atoms with Gasteiger partial charge in [-0.05, 0) is 62.9 Å². The molecule has 0 radical (unpaired) electrons. The van der Waals surface area contributed by atoms with Gasteiger partial charge in [0.05, 0.1) is 0 Å². The summed E-state index contributed by atoms with van der Waals surface area (Å²) in [6, 6.07) is 10.3. The summed E-state index contributed by atoms with van der Waals surface area (Å²) in [6.45, 7) is 11.0. The summed E-state index contributed by atoms with van der Waals surface area (Å²) in [4.78, 5) is 20.5. The van der Waals surface area contributed by atoms with E-state index in [1.165, 1.54) is 16.8 Å². The molecular formula is C22H31N3O. The molecule has 0 atom stereocenters. The Morgan fingerprint density at radius 2 is 1.88 bits per heavy atom. The van der Waals surface area contributed by atoms with E-state index in [0.717, 1.165) is 38.3 Å². The van der Waals surface area contributed by atoms with Crippen LogP contribution in [-0.2, 0) is 6.42 Å². The quantitative estimate of drug-likeness (QED) is 0.622. The number of Topliss-reactive ketones (excluding diaryl/α,β-unsaturated/α-hetero) is 1. The number of carbonyl (C=O) groups is 1. The van der Waals surface area contributed by atoms with Crippen LogP contribution in [0.25, 0.3) is 0 Å². The molecule has 0 amide bonds. The first kappa shape index (κ1) is 20.0. The predicted octanol–water partition coefficient (Wildman–Crippen LogP) is 4.51. The Hall–Kier alpha value is -2.36. The fourth-order valence-corrected chi connectivity index (χ4v) is 3.34. The fraction of sp³-hybridized carbons (Fsp3) is 0.455. The lowest BCUT2D eigenvalue weighted by Crippen LogP contribution is -2.29. The maximum Gasteiger partial charge on any atom is 0.161 e. The van der Waals surface area contributed by atoms with E-state index < -0.39 is 0 Å². The van der Waals surface area contributed by atoms with Crippen molar-refractivity contribution in [3.8, 4) is 0 Å². The standard InChI is InChI=1S/C22H31N3O/c1-6-20-17(3)10-8-11-21(20)24(5)14-9-15-25(7-2)22-13-12-19(16-23-22)18(4)26/h8,10-13,16H,6-7,9,14-15H2,1-5H3. The van der Waals surface area contributed by atoms with E-state index in [9.17, 15) is 4.79 Å². The van der Waals surface area contributed by atoms with Crippen molar-refractivity contribution in [1.82, 2.24) is 4.98 Å². The Kier molecular flexibility index (Phi) is 7.19. The number of benzene rings is 1. The molecule has 4 heteroatoms. The average Bonchev–Trinajstić information content (AvgIpc) is 2.65. The zero-order valence-corrected chi connectivity index (χ0v) is 16.7. The number of aryl methyl sites for hydroxylation is 1. The molecule has 0 saturated carbocycles. The van der Waals surface area contributed by atoms with Crippen LogP contribution in [0.4, 0.5) is 11.5 Å². The van der Waals surface area contributed by atoms with Crippen molar-refractivity contribution in [3.63, 3.8) is 0 Å². The highest BCUT2D eigenvalue weighted by Crippen LogP contribution is 2.23. The number of rotatable bonds is 9. The van der Waals surface area contributed by atoms with E-state index in [-0.39, 0.29) is 5.78 Å². The van der Waals surface area contributed by atoms with Crippen LogP contribution in [0.2, 0.25) is 0 Å². The Balaban J connectivity index is 1.96. The van der Waals surface area contributed by atoms with Gasteiger partial charge >= 0.3 is 0 Å². The third-order valence-corrected chi connectivity index (χ3v) is 4.93. The smallest absolute Gasteiger partial charge is 0.161 e. The summed E-state index contributed by atoms with van der Waals surface area (Å²) >= 11 is 0. The van der Waals surface area contributed by atoms with Crippen LogP contribution >= 0.6 is 0 Å². The molecule has 2 aromatic rings. The second kappa shape index (κ2) is 9.37. The molecule has 140 valence electrons. The van der Waals surface area contributed by atoms with E-state index in [4.69, 9.17) is 0 Å². The van der Waals surface area contributed by atoms with Gasteiger partial charge in [-0.25, -0.2) is 4.98 Å². The van der Waals surface area contributed by atoms with Crippen LogP contribution < -0.4 is 9.80 Å². The minimum absolute atomic E-state index is 0.0543. The Labute approximate surface area is 157 Å². The van der Waals surface area contributed by atoms with Crippen LogP contribution in [0.5, 0.6) is 0 Å². The van der Waals surface area contributed by atoms with Crippen LogP contribution in [0.3, 0.4) is 0 Å². The summed E-state index contributed by atoms with van der Waals surface area (Å²) in [5.74, 6) is 0.989. The molecule has 0 spiro atoms. The third kappa shape index (κ3) is 4.84. The number of hydrogen-bond acceptors (Lipinski definition) is 4. The lowest BCUT2D eigenvalue weighted by molar-refractivity contribution is 0.101. The molecule has 0 unspecified atom stereocenters. The maximum absolute atomic E-state index is 11.4. The van der Waals surface area contributed by atoms with Crippen molar-refractivity contribution in [1.29, 1.82) is 0 Å². The van der Waals surface area contributed by atoms with Crippen LogP contribution in [-0.4, -0.2) is 37.4 Å². The minimum atomic E-state index is 0.0543. The molecule has 0 bridgehead atoms. The van der Waals surface area contributed by atoms with E-state index in [2.05, 4.69) is 60.8 Å². The molecular weight excluding hydrogens is 322 g/mol. The van der Waals surface area contributed by atoms with Gasteiger partial charge in [0.25, 0.3) is 0 Å². The van der Waals surface area contributed by atoms with E-state index in [1.54, 1.807) is 13.1 Å². The fourth-order valence-electron chi connectivity index (χ4n) is 3.34. The number of ketones is 1. The molecule has 0 aliphatic carbocycles. The number of nitrogens with zero attached hydrogens (tertiary/aromatic N) is 3. The van der Waals surface area contributed by atoms with Gasteiger partial charge in [-0.15, -0.1) is 0 Å². The van der Waals surface area contributed by atoms with E-state index >= 15 is 0 Å². The van der Waals surface area contributed by atoms with E-state index in [0.29, 0.717) is 5.56 Å². The Bertz CT molecular complexity index is 725. The highest BCUT2D eigenvalue weighted by Gasteiger charge is 2.10. The van der Waals surface area contributed by atoms with Gasteiger partial charge in [-0.1, -0.05) is 19.1 Å². The summed E-state index contributed by atoms with van der Waals surface area (Å²) in [5, 5.41) is 0. The SMILES string of the molecule is CCc1c(C)cccc1N(C)CCCN(CC)c1ccc(C(C)=O)cn1. The number of anilines is 2. The van der Waals surface area contributed by atoms with Crippen LogP contribution in [0.1, 0.15) is 48.7 Å². The van der Waals surface area contributed by atoms with Gasteiger partial charge < -0.3 is 9.80 Å². The second-order valence-corrected chi connectivity index (χ2v) is 6.74. The molecule has 1 heterocycles. The molecule has 26 heavy (non-hydrogen) atoms. The number of carbonyl (C=O) groups excluding carboxylic acids is 1. The summed E-state index contributed by atoms with van der Waals surface area (Å²) in [6.07, 6.45) is 3.78. The van der Waals surface area contributed by atoms with Gasteiger partial charge in [0.1, 0.15) is 5.82 Å². The highest BCUT2D eigenvalue weighted by molar-refractivity contribution is 5.93. The number of aromatic nitrogens is 1. The van der Waals surface area contributed by atoms with Gasteiger partial charge in [0.15, 0.2) is 5.78 Å². The van der Waals surface area contributed by atoms with Crippen molar-refractivity contribution in [2.75, 3.05) is 36.5 Å². The number of pyridine rings is 1. The maximum atomic E-state index is 11.4. The molecule has 0 aliphatic rings. The zero-order valence-electron chi connectivity index (χ0n) is 16.7. The third-order valence-electron chi connectivity index (χ3n) is 4.93. The lowest BCUT2D eigenvalue weighted by Gasteiger charge is -2.26. The summed E-state index contributed by atoms with van der Waals surface area (Å²) < 4.78 is 0. The van der Waals surface area contributed by atoms with Gasteiger partial charge in [0, 0.05) is 44.1 Å². The minimum Gasteiger partial charge on any atom is -0.374 e. The van der Waals surface area contributed by atoms with Crippen molar-refractivity contribution in [2.24, 2.45) is 0 Å². The first-order valence-corrected chi connectivity index (χ1v) is 9.49. The molecule has 2 rings (SSSR count). The lowest BCUT2D eigenvalue weighted by atomic mass is 10.0. The summed E-state index contributed by atoms with van der Waals surface area (Å²) in [7, 11) is 2.17. The molecule has 0 saturated heterocycles. The first-order valence-electron chi connectivity index (χ1n) is 9.49. The highest BCUT2D eigenvalue weighted by atomic mass is 16.1. The van der Waals surface area contributed by atoms with Gasteiger partial charge in [-0.3, -0.25) is 4.79 Å². The second-order valence-electron chi connectivity index (χ2n) is 6.74. The van der Waals surface area contributed by atoms with Crippen LogP contribution in [0, 0.1) is 6.92 Å². The zero-order chi connectivity index (χ0) is 19.1. The van der Waals surface area contributed by atoms with E-state index in [1.807, 2.05) is 12.1 Å². The van der Waals surface area contributed by atoms with Gasteiger partial charge in [0.2, 0.25) is 0 Å². The molecule has 1 aromatic heterocycles. The van der Waals surface area contributed by atoms with Crippen molar-refractivity contribution >= 4 is 17.3 Å². The molecule has 0 fully saturated rings. The van der Waals surface area contributed by atoms with Gasteiger partial charge in [-0.2, -0.15) is 0 Å². The Morgan fingerprint density at radius 3 is 2.46 bits per heavy atom. The average molecular weight is 354 g/mol. The first-order chi connectivity index (χ1) is 12.5. The molecule has 1 aromatic carbocycles. The van der Waals surface area contributed by atoms with Crippen LogP contribution in [0.15, 0.2) is 36.5 Å². The summed E-state index contributed by atoms with van der Waals surface area (Å²) in [5.41, 5.74) is 4.79. The predicted molar refractivity (Wildman–Crippen MR) is 111 cm³/mol. The topological polar surface area (TPSA) is 36.4 Å². The van der Waals surface area contributed by atoms with Crippen molar-refractivity contribution in [2.45, 2.75) is 40.5 Å². The van der Waals surface area contributed by atoms with Crippen molar-refractivity contribution in [3.05, 3.63) is 53.2 Å². The number of hydrogen-bond donors (Lipinski definition) is 0. The largest absolute Gasteiger partial charge is 0.374 e. The monoisotopic (exact) mass is 353 g/mol. The van der Waals surface area contributed by atoms with Crippen molar-refractivity contribution < 1.29 is 4.79 Å².